The van der Waals surface area contributed by atoms with Gasteiger partial charge in [0.05, 0.1) is 30.8 Å². The smallest absolute Gasteiger partial charge is 0.306 e. The van der Waals surface area contributed by atoms with Gasteiger partial charge in [-0.15, -0.1) is 0 Å². The molecule has 3 aliphatic carbocycles. The maximum Gasteiger partial charge on any atom is 0.306 e. The fourth-order valence-corrected chi connectivity index (χ4v) is 11.7. The number of ether oxygens (including phenoxy) is 8. The summed E-state index contributed by atoms with van der Waals surface area (Å²) in [6.07, 6.45) is 5.33. The van der Waals surface area contributed by atoms with Crippen LogP contribution in [-0.2, 0) is 54.5 Å². The highest BCUT2D eigenvalue weighted by Crippen LogP contribution is 2.61. The van der Waals surface area contributed by atoms with Gasteiger partial charge in [-0.2, -0.15) is 0 Å². The summed E-state index contributed by atoms with van der Waals surface area (Å²) in [5.41, 5.74) is 2.86. The van der Waals surface area contributed by atoms with Gasteiger partial charge in [0.25, 0.3) is 0 Å². The minimum atomic E-state index is -0.654. The van der Waals surface area contributed by atoms with Crippen LogP contribution < -0.4 is 0 Å². The molecule has 3 saturated heterocycles. The quantitative estimate of drug-likeness (QED) is 0.233. The van der Waals surface area contributed by atoms with Crippen LogP contribution in [0.25, 0.3) is 0 Å². The summed E-state index contributed by atoms with van der Waals surface area (Å²) >= 11 is 5.89. The Bertz CT molecular complexity index is 1680. The van der Waals surface area contributed by atoms with Gasteiger partial charge in [-0.25, -0.2) is 0 Å². The highest BCUT2D eigenvalue weighted by Gasteiger charge is 2.57. The van der Waals surface area contributed by atoms with Crippen molar-refractivity contribution >= 4 is 24.0 Å². The molecule has 17 atom stereocenters. The number of aromatic nitrogens is 2. The van der Waals surface area contributed by atoms with Crippen LogP contribution in [0.15, 0.2) is 11.6 Å². The molecular weight excluding hydrogens is 751 g/mol. The van der Waals surface area contributed by atoms with Gasteiger partial charge in [0.15, 0.2) is 23.1 Å². The van der Waals surface area contributed by atoms with Crippen molar-refractivity contribution in [1.29, 1.82) is 0 Å². The topological polar surface area (TPSA) is 132 Å². The number of imidazole rings is 1. The summed E-state index contributed by atoms with van der Waals surface area (Å²) in [7, 11) is 11.1. The fourth-order valence-electron chi connectivity index (χ4n) is 11.5. The first kappa shape index (κ1) is 43.1. The van der Waals surface area contributed by atoms with Gasteiger partial charge in [0, 0.05) is 69.5 Å². The maximum absolute atomic E-state index is 15.0. The first-order valence-electron chi connectivity index (χ1n) is 21.4. The number of allylic oxidation sites excluding steroid dienone is 2. The maximum atomic E-state index is 15.0. The Labute approximate surface area is 343 Å². The molecule has 0 spiro atoms. The number of cyclic esters (lactones) is 1. The van der Waals surface area contributed by atoms with Crippen LogP contribution in [0, 0.1) is 28.4 Å². The minimum absolute atomic E-state index is 0.0137. The summed E-state index contributed by atoms with van der Waals surface area (Å²) < 4.78 is 52.9. The number of Topliss-reactive ketones (excluding diaryl/α,β-unsaturated/α-hetero) is 1. The van der Waals surface area contributed by atoms with Crippen molar-refractivity contribution in [3.63, 3.8) is 0 Å². The second-order valence-corrected chi connectivity index (χ2v) is 18.2. The van der Waals surface area contributed by atoms with Crippen LogP contribution in [0.4, 0.5) is 0 Å². The van der Waals surface area contributed by atoms with Crippen LogP contribution in [-0.4, -0.2) is 129 Å². The van der Waals surface area contributed by atoms with Crippen LogP contribution in [0.2, 0.25) is 0 Å². The van der Waals surface area contributed by atoms with Crippen LogP contribution >= 0.6 is 12.2 Å². The van der Waals surface area contributed by atoms with Crippen LogP contribution in [0.5, 0.6) is 0 Å². The average Bonchev–Trinajstić information content (AvgIpc) is 3.85. The molecule has 1 aromatic rings. The van der Waals surface area contributed by atoms with Crippen LogP contribution in [0.1, 0.15) is 109 Å². The third-order valence-corrected chi connectivity index (χ3v) is 14.8. The predicted octanol–water partition coefficient (Wildman–Crippen LogP) is 5.96. The summed E-state index contributed by atoms with van der Waals surface area (Å²) in [4.78, 5) is 34.7. The lowest BCUT2D eigenvalue weighted by Gasteiger charge is -2.44. The number of H-pyrrole nitrogens is 1. The molecule has 14 heteroatoms. The van der Waals surface area contributed by atoms with E-state index in [9.17, 15) is 4.79 Å². The van der Waals surface area contributed by atoms with E-state index in [1.807, 2.05) is 20.9 Å². The molecule has 0 bridgehead atoms. The Morgan fingerprint density at radius 2 is 1.65 bits per heavy atom. The number of methoxy groups -OCH3 is 3. The molecule has 7 rings (SSSR count). The largest absolute Gasteiger partial charge is 0.462 e. The molecule has 57 heavy (non-hydrogen) atoms. The Kier molecular flexibility index (Phi) is 13.5. The van der Waals surface area contributed by atoms with Gasteiger partial charge in [0.2, 0.25) is 0 Å². The molecule has 4 fully saturated rings. The molecule has 6 aliphatic rings. The van der Waals surface area contributed by atoms with Crippen molar-refractivity contribution in [2.24, 2.45) is 30.7 Å². The molecule has 3 aliphatic heterocycles. The molecule has 1 aromatic heterocycles. The van der Waals surface area contributed by atoms with E-state index < -0.39 is 18.3 Å². The van der Waals surface area contributed by atoms with E-state index in [2.05, 4.69) is 48.5 Å². The number of hydrogen-bond acceptors (Lipinski definition) is 12. The molecular formula is C43H67N3O10S. The van der Waals surface area contributed by atoms with Gasteiger partial charge in [-0.1, -0.05) is 19.9 Å². The number of esters is 1. The monoisotopic (exact) mass is 817 g/mol. The van der Waals surface area contributed by atoms with Crippen molar-refractivity contribution < 1.29 is 47.5 Å². The summed E-state index contributed by atoms with van der Waals surface area (Å²) in [6.45, 7) is 8.14. The molecule has 0 amide bonds. The first-order valence-corrected chi connectivity index (χ1v) is 21.8. The summed E-state index contributed by atoms with van der Waals surface area (Å²) in [6, 6.07) is 0.318. The van der Waals surface area contributed by atoms with Crippen molar-refractivity contribution in [2.75, 3.05) is 35.4 Å². The van der Waals surface area contributed by atoms with Gasteiger partial charge >= 0.3 is 5.97 Å². The van der Waals surface area contributed by atoms with Crippen molar-refractivity contribution in [1.82, 2.24) is 14.5 Å². The zero-order valence-corrected chi connectivity index (χ0v) is 36.5. The Morgan fingerprint density at radius 3 is 2.32 bits per heavy atom. The zero-order valence-electron chi connectivity index (χ0n) is 35.6. The number of carbonyl (C=O) groups excluding carboxylic acids is 2. The lowest BCUT2D eigenvalue weighted by Crippen LogP contribution is -2.59. The highest BCUT2D eigenvalue weighted by atomic mass is 32.1. The van der Waals surface area contributed by atoms with Crippen molar-refractivity contribution in [3.8, 4) is 0 Å². The lowest BCUT2D eigenvalue weighted by molar-refractivity contribution is -0.314. The SMILES string of the molecule is CC[C@H]1CCC[C@H](O[C@H]2CC[C@H](N(C)C)C(C)O2)[C@@H](C)C(=O)C2=C[C@H]3[C@@H]4C[C@H](O[C@@H]5OC(C)[C@H](OC)C(OC)[C@@H]5OC)C[C@H]4c4c([nH]c(=S)n4C)[C@H]3[C@@H]2CC(=O)O1. The number of rotatable bonds is 9. The van der Waals surface area contributed by atoms with Gasteiger partial charge in [-0.3, -0.25) is 9.59 Å². The highest BCUT2D eigenvalue weighted by molar-refractivity contribution is 7.71. The molecule has 0 radical (unpaired) electrons. The Morgan fingerprint density at radius 1 is 0.912 bits per heavy atom. The van der Waals surface area contributed by atoms with Crippen molar-refractivity contribution in [2.45, 2.75) is 165 Å². The second-order valence-electron chi connectivity index (χ2n) is 17.8. The summed E-state index contributed by atoms with van der Waals surface area (Å²) in [5.74, 6) is -0.914. The zero-order chi connectivity index (χ0) is 40.9. The number of aromatic amines is 1. The van der Waals surface area contributed by atoms with E-state index in [-0.39, 0.29) is 96.8 Å². The second kappa shape index (κ2) is 17.9. The molecule has 13 nitrogen and oxygen atoms in total. The molecule has 1 saturated carbocycles. The number of likely N-dealkylation sites (N-methyl/N-ethyl adjacent to an activating group) is 1. The van der Waals surface area contributed by atoms with Gasteiger partial charge in [-0.05, 0) is 109 Å². The molecule has 320 valence electrons. The number of nitrogens with one attached hydrogen (secondary N) is 1. The predicted molar refractivity (Wildman–Crippen MR) is 214 cm³/mol. The van der Waals surface area contributed by atoms with E-state index in [0.717, 1.165) is 56.3 Å². The third kappa shape index (κ3) is 8.25. The van der Waals surface area contributed by atoms with E-state index in [1.165, 1.54) is 0 Å². The summed E-state index contributed by atoms with van der Waals surface area (Å²) in [5, 5.41) is 0. The van der Waals surface area contributed by atoms with Crippen LogP contribution in [0.3, 0.4) is 0 Å². The van der Waals surface area contributed by atoms with E-state index in [0.29, 0.717) is 22.8 Å². The first-order chi connectivity index (χ1) is 27.3. The Balaban J connectivity index is 1.20. The number of carbonyl (C=O) groups is 2. The number of hydrogen-bond donors (Lipinski definition) is 1. The standard InChI is InChI=1S/C43H67N3O10S/c1-11-24-13-12-14-32(56-34-16-15-31(45(5)6)22(3)52-34)21(2)38(48)30-19-27-26-17-25(55-42-41(51-10)40(50-9)39(49-8)23(4)53-42)18-29(26)37-36(44-43(57)46(37)7)35(27)28(30)20-33(47)54-24/h19,21-29,31-32,34-35,39-42H,11-18,20H2,1-10H3,(H,44,57)/t21-,22?,23?,24+,25+,26+,27+,28-,29-,31+,32+,34+,35-,39+,40?,41+,42+/m1/s1. The number of ketones is 1. The van der Waals surface area contributed by atoms with E-state index in [4.69, 9.17) is 50.1 Å². The lowest BCUT2D eigenvalue weighted by atomic mass is 9.66. The third-order valence-electron chi connectivity index (χ3n) is 14.4. The van der Waals surface area contributed by atoms with Gasteiger partial charge < -0.3 is 52.3 Å². The molecule has 0 aromatic carbocycles. The molecule has 1 N–H and O–H groups in total. The normalized spacial score (nSPS) is 42.6. The van der Waals surface area contributed by atoms with Gasteiger partial charge in [0.1, 0.15) is 24.4 Å². The number of fused-ring (bicyclic) bond motifs is 8. The Hall–Kier alpha value is -2.01. The van der Waals surface area contributed by atoms with E-state index >= 15 is 4.79 Å². The molecule has 3 unspecified atom stereocenters. The average molecular weight is 818 g/mol. The van der Waals surface area contributed by atoms with E-state index in [1.54, 1.807) is 21.3 Å². The van der Waals surface area contributed by atoms with Crippen molar-refractivity contribution in [3.05, 3.63) is 27.8 Å². The number of nitrogens with zero attached hydrogens (tertiary/aromatic N) is 2. The fraction of sp³-hybridized carbons (Fsp3) is 0.837. The minimum Gasteiger partial charge on any atom is -0.462 e. The molecule has 4 heterocycles.